The fourth-order valence-electron chi connectivity index (χ4n) is 3.21. The standard InChI is InChI=1S/C19H24N2O/c1-14-8-9-15(13-20-14)12-17-10-11-18(21-17)19(22)16-6-4-2-3-5-7-16/h2-4,6-9,13,17-19,21-22H,5,10-12H2,1H3. The number of aliphatic hydroxyl groups is 1. The molecule has 3 heteroatoms. The van der Waals surface area contributed by atoms with E-state index in [1.54, 1.807) is 0 Å². The molecule has 3 atom stereocenters. The van der Waals surface area contributed by atoms with Crippen LogP contribution in [0.5, 0.6) is 0 Å². The lowest BCUT2D eigenvalue weighted by molar-refractivity contribution is 0.170. The van der Waals surface area contributed by atoms with Gasteiger partial charge in [0, 0.05) is 24.0 Å². The van der Waals surface area contributed by atoms with E-state index in [1.165, 1.54) is 5.56 Å². The van der Waals surface area contributed by atoms with Crippen molar-refractivity contribution in [1.82, 2.24) is 10.3 Å². The van der Waals surface area contributed by atoms with Gasteiger partial charge in [0.15, 0.2) is 0 Å². The van der Waals surface area contributed by atoms with Crippen molar-refractivity contribution in [1.29, 1.82) is 0 Å². The maximum absolute atomic E-state index is 10.6. The van der Waals surface area contributed by atoms with E-state index < -0.39 is 6.10 Å². The maximum atomic E-state index is 10.6. The minimum Gasteiger partial charge on any atom is -0.387 e. The average Bonchev–Trinajstić information content (AvgIpc) is 2.82. The third-order valence-electron chi connectivity index (χ3n) is 4.48. The van der Waals surface area contributed by atoms with Gasteiger partial charge in [-0.2, -0.15) is 0 Å². The summed E-state index contributed by atoms with van der Waals surface area (Å²) in [6, 6.07) is 4.79. The van der Waals surface area contributed by atoms with Crippen LogP contribution in [-0.2, 0) is 6.42 Å². The molecule has 3 rings (SSSR count). The fraction of sp³-hybridized carbons (Fsp3) is 0.421. The van der Waals surface area contributed by atoms with Crippen LogP contribution in [0.3, 0.4) is 0 Å². The maximum Gasteiger partial charge on any atom is 0.0940 e. The molecule has 3 nitrogen and oxygen atoms in total. The molecule has 22 heavy (non-hydrogen) atoms. The van der Waals surface area contributed by atoms with Gasteiger partial charge in [-0.25, -0.2) is 0 Å². The third-order valence-corrected chi connectivity index (χ3v) is 4.48. The number of hydrogen-bond donors (Lipinski definition) is 2. The highest BCUT2D eigenvalue weighted by Crippen LogP contribution is 2.23. The highest BCUT2D eigenvalue weighted by Gasteiger charge is 2.30. The van der Waals surface area contributed by atoms with E-state index in [0.717, 1.165) is 37.0 Å². The molecule has 0 spiro atoms. The van der Waals surface area contributed by atoms with Crippen molar-refractivity contribution in [2.45, 2.75) is 50.8 Å². The molecule has 2 N–H and O–H groups in total. The SMILES string of the molecule is Cc1ccc(CC2CCC(C(O)C3=CCC=CC=C3)N2)cn1. The molecule has 2 aliphatic rings. The van der Waals surface area contributed by atoms with Gasteiger partial charge in [0.25, 0.3) is 0 Å². The van der Waals surface area contributed by atoms with Gasteiger partial charge in [0.05, 0.1) is 6.10 Å². The van der Waals surface area contributed by atoms with Crippen molar-refractivity contribution in [3.05, 3.63) is 65.5 Å². The quantitative estimate of drug-likeness (QED) is 0.898. The Kier molecular flexibility index (Phi) is 4.86. The Morgan fingerprint density at radius 2 is 2.23 bits per heavy atom. The molecule has 0 radical (unpaired) electrons. The van der Waals surface area contributed by atoms with Gasteiger partial charge < -0.3 is 10.4 Å². The number of hydrogen-bond acceptors (Lipinski definition) is 3. The van der Waals surface area contributed by atoms with Crippen LogP contribution in [0.1, 0.15) is 30.5 Å². The predicted octanol–water partition coefficient (Wildman–Crippen LogP) is 2.86. The number of rotatable bonds is 4. The van der Waals surface area contributed by atoms with Crippen molar-refractivity contribution < 1.29 is 5.11 Å². The van der Waals surface area contributed by atoms with Crippen LogP contribution in [0.25, 0.3) is 0 Å². The largest absolute Gasteiger partial charge is 0.387 e. The molecule has 1 saturated heterocycles. The third kappa shape index (κ3) is 3.73. The van der Waals surface area contributed by atoms with E-state index in [1.807, 2.05) is 31.3 Å². The van der Waals surface area contributed by atoms with Gasteiger partial charge in [-0.05, 0) is 49.8 Å². The van der Waals surface area contributed by atoms with Crippen molar-refractivity contribution in [2.24, 2.45) is 0 Å². The molecule has 1 aliphatic heterocycles. The van der Waals surface area contributed by atoms with E-state index in [-0.39, 0.29) is 6.04 Å². The molecule has 1 aromatic rings. The molecule has 0 bridgehead atoms. The van der Waals surface area contributed by atoms with E-state index in [9.17, 15) is 5.11 Å². The second-order valence-electron chi connectivity index (χ2n) is 6.23. The Morgan fingerprint density at radius 1 is 1.32 bits per heavy atom. The van der Waals surface area contributed by atoms with Crippen LogP contribution in [0.2, 0.25) is 0 Å². The molecule has 0 amide bonds. The van der Waals surface area contributed by atoms with Crippen molar-refractivity contribution in [3.8, 4) is 0 Å². The first kappa shape index (κ1) is 15.2. The first-order valence-electron chi connectivity index (χ1n) is 8.11. The number of nitrogens with zero attached hydrogens (tertiary/aromatic N) is 1. The zero-order chi connectivity index (χ0) is 15.4. The number of aryl methyl sites for hydroxylation is 1. The number of aliphatic hydroxyl groups excluding tert-OH is 1. The number of pyridine rings is 1. The summed E-state index contributed by atoms with van der Waals surface area (Å²) in [6.45, 7) is 2.01. The summed E-state index contributed by atoms with van der Waals surface area (Å²) in [5.74, 6) is 0. The van der Waals surface area contributed by atoms with E-state index in [4.69, 9.17) is 0 Å². The number of nitrogens with one attached hydrogen (secondary N) is 1. The van der Waals surface area contributed by atoms with Crippen LogP contribution in [0.15, 0.2) is 54.3 Å². The van der Waals surface area contributed by atoms with Gasteiger partial charge in [-0.3, -0.25) is 4.98 Å². The van der Waals surface area contributed by atoms with Crippen molar-refractivity contribution >= 4 is 0 Å². The zero-order valence-corrected chi connectivity index (χ0v) is 13.1. The molecule has 1 fully saturated rings. The average molecular weight is 296 g/mol. The van der Waals surface area contributed by atoms with Crippen molar-refractivity contribution in [3.63, 3.8) is 0 Å². The minimum atomic E-state index is -0.419. The highest BCUT2D eigenvalue weighted by molar-refractivity contribution is 5.31. The summed E-state index contributed by atoms with van der Waals surface area (Å²) >= 11 is 0. The monoisotopic (exact) mass is 296 g/mol. The molecule has 3 unspecified atom stereocenters. The smallest absolute Gasteiger partial charge is 0.0940 e. The summed E-state index contributed by atoms with van der Waals surface area (Å²) in [4.78, 5) is 4.36. The Labute approximate surface area is 132 Å². The molecule has 2 heterocycles. The Balaban J connectivity index is 1.57. The summed E-state index contributed by atoms with van der Waals surface area (Å²) in [5.41, 5.74) is 3.34. The second kappa shape index (κ2) is 7.03. The number of allylic oxidation sites excluding steroid dienone is 4. The Hall–Kier alpha value is -1.71. The molecular formula is C19H24N2O. The summed E-state index contributed by atoms with van der Waals surface area (Å²) in [7, 11) is 0. The highest BCUT2D eigenvalue weighted by atomic mass is 16.3. The predicted molar refractivity (Wildman–Crippen MR) is 89.6 cm³/mol. The summed E-state index contributed by atoms with van der Waals surface area (Å²) in [6.07, 6.45) is 15.8. The Morgan fingerprint density at radius 3 is 3.05 bits per heavy atom. The normalized spacial score (nSPS) is 25.8. The fourth-order valence-corrected chi connectivity index (χ4v) is 3.21. The second-order valence-corrected chi connectivity index (χ2v) is 6.23. The van der Waals surface area contributed by atoms with Gasteiger partial charge >= 0.3 is 0 Å². The molecule has 1 aliphatic carbocycles. The first-order valence-corrected chi connectivity index (χ1v) is 8.11. The summed E-state index contributed by atoms with van der Waals surface area (Å²) in [5, 5.41) is 14.2. The molecule has 0 aromatic carbocycles. The minimum absolute atomic E-state index is 0.150. The van der Waals surface area contributed by atoms with Crippen LogP contribution in [0.4, 0.5) is 0 Å². The molecule has 0 saturated carbocycles. The molecule has 116 valence electrons. The van der Waals surface area contributed by atoms with Crippen molar-refractivity contribution in [2.75, 3.05) is 0 Å². The van der Waals surface area contributed by atoms with Crippen LogP contribution in [0, 0.1) is 6.92 Å². The lowest BCUT2D eigenvalue weighted by Crippen LogP contribution is -2.39. The number of aromatic nitrogens is 1. The first-order chi connectivity index (χ1) is 10.7. The Bertz CT molecular complexity index is 586. The lowest BCUT2D eigenvalue weighted by Gasteiger charge is -2.21. The van der Waals surface area contributed by atoms with Gasteiger partial charge in [-0.1, -0.05) is 36.4 Å². The van der Waals surface area contributed by atoms with Crippen LogP contribution >= 0.6 is 0 Å². The zero-order valence-electron chi connectivity index (χ0n) is 13.1. The topological polar surface area (TPSA) is 45.1 Å². The summed E-state index contributed by atoms with van der Waals surface area (Å²) < 4.78 is 0. The molecule has 1 aromatic heterocycles. The van der Waals surface area contributed by atoms with Gasteiger partial charge in [-0.15, -0.1) is 0 Å². The van der Waals surface area contributed by atoms with E-state index >= 15 is 0 Å². The van der Waals surface area contributed by atoms with Crippen LogP contribution in [-0.4, -0.2) is 28.3 Å². The lowest BCUT2D eigenvalue weighted by atomic mass is 10.00. The van der Waals surface area contributed by atoms with E-state index in [0.29, 0.717) is 6.04 Å². The van der Waals surface area contributed by atoms with Gasteiger partial charge in [0.1, 0.15) is 0 Å². The van der Waals surface area contributed by atoms with Gasteiger partial charge in [0.2, 0.25) is 0 Å². The molecular weight excluding hydrogens is 272 g/mol. The van der Waals surface area contributed by atoms with E-state index in [2.05, 4.69) is 34.6 Å². The van der Waals surface area contributed by atoms with Crippen LogP contribution < -0.4 is 5.32 Å².